The van der Waals surface area contributed by atoms with E-state index in [0.717, 1.165) is 11.1 Å². The number of nitrogens with zero attached hydrogens (tertiary/aromatic N) is 2. The molecule has 1 aliphatic rings. The molecule has 0 radical (unpaired) electrons. The van der Waals surface area contributed by atoms with Gasteiger partial charge in [-0.05, 0) is 62.1 Å². The number of piperidine rings is 1. The number of hydrogen-bond acceptors (Lipinski definition) is 4. The van der Waals surface area contributed by atoms with E-state index in [9.17, 15) is 13.2 Å². The topological polar surface area (TPSA) is 79.4 Å². The summed E-state index contributed by atoms with van der Waals surface area (Å²) in [7, 11) is -3.50. The highest BCUT2D eigenvalue weighted by Crippen LogP contribution is 2.22. The summed E-state index contributed by atoms with van der Waals surface area (Å²) in [6, 6.07) is 10.4. The van der Waals surface area contributed by atoms with Crippen LogP contribution < -0.4 is 5.32 Å². The van der Waals surface area contributed by atoms with E-state index >= 15 is 0 Å². The van der Waals surface area contributed by atoms with Gasteiger partial charge in [-0.1, -0.05) is 12.1 Å². The Labute approximate surface area is 154 Å². The predicted molar refractivity (Wildman–Crippen MR) is 99.4 cm³/mol. The SMILES string of the molecule is Cc1ccc(S(=O)(=O)N2CCC(NC(=O)c3ccccn3)CC2)cc1C. The van der Waals surface area contributed by atoms with Gasteiger partial charge >= 0.3 is 0 Å². The maximum Gasteiger partial charge on any atom is 0.270 e. The Morgan fingerprint density at radius 3 is 2.46 bits per heavy atom. The van der Waals surface area contributed by atoms with Gasteiger partial charge in [0.1, 0.15) is 5.69 Å². The molecular formula is C19H23N3O3S. The van der Waals surface area contributed by atoms with Crippen LogP contribution in [0.5, 0.6) is 0 Å². The molecule has 1 saturated heterocycles. The lowest BCUT2D eigenvalue weighted by atomic mass is 10.1. The average Bonchev–Trinajstić information content (AvgIpc) is 2.65. The second-order valence-corrected chi connectivity index (χ2v) is 8.55. The van der Waals surface area contributed by atoms with Crippen LogP contribution >= 0.6 is 0 Å². The molecule has 2 aromatic rings. The van der Waals surface area contributed by atoms with Gasteiger partial charge in [0.15, 0.2) is 0 Å². The van der Waals surface area contributed by atoms with Crippen LogP contribution in [0.3, 0.4) is 0 Å². The van der Waals surface area contributed by atoms with Crippen molar-refractivity contribution in [1.29, 1.82) is 0 Å². The van der Waals surface area contributed by atoms with Gasteiger partial charge in [0, 0.05) is 25.3 Å². The van der Waals surface area contributed by atoms with Crippen molar-refractivity contribution in [3.05, 3.63) is 59.4 Å². The van der Waals surface area contributed by atoms with Crippen LogP contribution in [-0.4, -0.2) is 42.7 Å². The first-order valence-corrected chi connectivity index (χ1v) is 10.1. The molecule has 0 atom stereocenters. The minimum atomic E-state index is -3.50. The first kappa shape index (κ1) is 18.5. The van der Waals surface area contributed by atoms with E-state index in [0.29, 0.717) is 36.5 Å². The van der Waals surface area contributed by atoms with E-state index in [-0.39, 0.29) is 11.9 Å². The normalized spacial score (nSPS) is 16.4. The number of hydrogen-bond donors (Lipinski definition) is 1. The molecule has 1 aromatic heterocycles. The fraction of sp³-hybridized carbons (Fsp3) is 0.368. The fourth-order valence-electron chi connectivity index (χ4n) is 3.02. The van der Waals surface area contributed by atoms with Gasteiger partial charge < -0.3 is 5.32 Å². The van der Waals surface area contributed by atoms with Gasteiger partial charge in [0.05, 0.1) is 4.90 Å². The molecule has 0 unspecified atom stereocenters. The van der Waals surface area contributed by atoms with Crippen LogP contribution in [0.25, 0.3) is 0 Å². The van der Waals surface area contributed by atoms with Crippen molar-refractivity contribution in [1.82, 2.24) is 14.6 Å². The molecule has 0 bridgehead atoms. The van der Waals surface area contributed by atoms with Crippen molar-refractivity contribution < 1.29 is 13.2 Å². The molecule has 7 heteroatoms. The van der Waals surface area contributed by atoms with Crippen molar-refractivity contribution >= 4 is 15.9 Å². The Bertz CT molecular complexity index is 890. The molecule has 138 valence electrons. The molecule has 1 fully saturated rings. The lowest BCUT2D eigenvalue weighted by molar-refractivity contribution is 0.0919. The molecule has 6 nitrogen and oxygen atoms in total. The van der Waals surface area contributed by atoms with Crippen molar-refractivity contribution in [2.45, 2.75) is 37.6 Å². The Balaban J connectivity index is 1.62. The Hall–Kier alpha value is -2.25. The summed E-state index contributed by atoms with van der Waals surface area (Å²) in [6.45, 7) is 4.65. The summed E-state index contributed by atoms with van der Waals surface area (Å²) in [6.07, 6.45) is 2.75. The number of carbonyl (C=O) groups is 1. The zero-order chi connectivity index (χ0) is 18.7. The molecule has 1 aromatic carbocycles. The minimum absolute atomic E-state index is 0.0456. The van der Waals surface area contributed by atoms with Gasteiger partial charge in [0.2, 0.25) is 10.0 Å². The Morgan fingerprint density at radius 2 is 1.85 bits per heavy atom. The van der Waals surface area contributed by atoms with Gasteiger partial charge in [-0.3, -0.25) is 9.78 Å². The predicted octanol–water partition coefficient (Wildman–Crippen LogP) is 2.28. The highest BCUT2D eigenvalue weighted by Gasteiger charge is 2.30. The first-order valence-electron chi connectivity index (χ1n) is 8.67. The third-order valence-corrected chi connectivity index (χ3v) is 6.70. The zero-order valence-corrected chi connectivity index (χ0v) is 15.8. The second kappa shape index (κ2) is 7.55. The van der Waals surface area contributed by atoms with Crippen LogP contribution in [0.2, 0.25) is 0 Å². The first-order chi connectivity index (χ1) is 12.4. The summed E-state index contributed by atoms with van der Waals surface area (Å²) in [5.41, 5.74) is 2.40. The summed E-state index contributed by atoms with van der Waals surface area (Å²) in [5.74, 6) is -0.221. The van der Waals surface area contributed by atoms with E-state index in [1.54, 1.807) is 36.5 Å². The molecule has 26 heavy (non-hydrogen) atoms. The van der Waals surface area contributed by atoms with Crippen LogP contribution in [0, 0.1) is 13.8 Å². The largest absolute Gasteiger partial charge is 0.348 e. The number of aryl methyl sites for hydroxylation is 2. The molecular weight excluding hydrogens is 350 g/mol. The molecule has 2 heterocycles. The van der Waals surface area contributed by atoms with Crippen molar-refractivity contribution in [3.63, 3.8) is 0 Å². The van der Waals surface area contributed by atoms with Gasteiger partial charge in [-0.2, -0.15) is 4.31 Å². The smallest absolute Gasteiger partial charge is 0.270 e. The van der Waals surface area contributed by atoms with E-state index in [2.05, 4.69) is 10.3 Å². The minimum Gasteiger partial charge on any atom is -0.348 e. The molecule has 3 rings (SSSR count). The molecule has 0 aliphatic carbocycles. The van der Waals surface area contributed by atoms with Gasteiger partial charge in [-0.15, -0.1) is 0 Å². The van der Waals surface area contributed by atoms with Crippen LogP contribution in [0.4, 0.5) is 0 Å². The highest BCUT2D eigenvalue weighted by atomic mass is 32.2. The second-order valence-electron chi connectivity index (χ2n) is 6.61. The molecule has 1 aliphatic heterocycles. The third kappa shape index (κ3) is 3.94. The maximum atomic E-state index is 12.8. The summed E-state index contributed by atoms with van der Waals surface area (Å²) < 4.78 is 27.2. The maximum absolute atomic E-state index is 12.8. The van der Waals surface area contributed by atoms with E-state index in [4.69, 9.17) is 0 Å². The molecule has 0 saturated carbocycles. The molecule has 1 N–H and O–H groups in total. The number of benzene rings is 1. The number of carbonyl (C=O) groups excluding carboxylic acids is 1. The standard InChI is InChI=1S/C19H23N3O3S/c1-14-6-7-17(13-15(14)2)26(24,25)22-11-8-16(9-12-22)21-19(23)18-5-3-4-10-20-18/h3-7,10,13,16H,8-9,11-12H2,1-2H3,(H,21,23). The highest BCUT2D eigenvalue weighted by molar-refractivity contribution is 7.89. The zero-order valence-electron chi connectivity index (χ0n) is 15.0. The van der Waals surface area contributed by atoms with Gasteiger partial charge in [-0.25, -0.2) is 8.42 Å². The van der Waals surface area contributed by atoms with Crippen LogP contribution in [-0.2, 0) is 10.0 Å². The molecule has 1 amide bonds. The van der Waals surface area contributed by atoms with E-state index in [1.165, 1.54) is 4.31 Å². The lowest BCUT2D eigenvalue weighted by Crippen LogP contribution is -2.46. The summed E-state index contributed by atoms with van der Waals surface area (Å²) in [4.78, 5) is 16.5. The van der Waals surface area contributed by atoms with Crippen molar-refractivity contribution in [2.75, 3.05) is 13.1 Å². The Morgan fingerprint density at radius 1 is 1.12 bits per heavy atom. The lowest BCUT2D eigenvalue weighted by Gasteiger charge is -2.31. The Kier molecular flexibility index (Phi) is 5.38. The number of nitrogens with one attached hydrogen (secondary N) is 1. The quantitative estimate of drug-likeness (QED) is 0.892. The van der Waals surface area contributed by atoms with Crippen LogP contribution in [0.15, 0.2) is 47.5 Å². The average molecular weight is 373 g/mol. The number of aromatic nitrogens is 1. The van der Waals surface area contributed by atoms with Crippen LogP contribution in [0.1, 0.15) is 34.5 Å². The van der Waals surface area contributed by atoms with E-state index < -0.39 is 10.0 Å². The van der Waals surface area contributed by atoms with E-state index in [1.807, 2.05) is 19.9 Å². The fourth-order valence-corrected chi connectivity index (χ4v) is 4.58. The number of amides is 1. The molecule has 0 spiro atoms. The van der Waals surface area contributed by atoms with Crippen molar-refractivity contribution in [3.8, 4) is 0 Å². The third-order valence-electron chi connectivity index (χ3n) is 4.80. The number of sulfonamides is 1. The number of rotatable bonds is 4. The monoisotopic (exact) mass is 373 g/mol. The summed E-state index contributed by atoms with van der Waals surface area (Å²) in [5, 5.41) is 2.94. The number of pyridine rings is 1. The van der Waals surface area contributed by atoms with Crippen molar-refractivity contribution in [2.24, 2.45) is 0 Å². The van der Waals surface area contributed by atoms with Gasteiger partial charge in [0.25, 0.3) is 5.91 Å². The summed E-state index contributed by atoms with van der Waals surface area (Å²) >= 11 is 0.